The van der Waals surface area contributed by atoms with E-state index in [0.29, 0.717) is 46.8 Å². The summed E-state index contributed by atoms with van der Waals surface area (Å²) in [7, 11) is 3.24. The highest BCUT2D eigenvalue weighted by Crippen LogP contribution is 2.44. The first-order valence-corrected chi connectivity index (χ1v) is 23.5. The van der Waals surface area contributed by atoms with E-state index in [1.165, 1.54) is 11.1 Å². The van der Waals surface area contributed by atoms with E-state index in [1.807, 2.05) is 36.4 Å². The van der Waals surface area contributed by atoms with Crippen molar-refractivity contribution in [3.8, 4) is 29.3 Å². The van der Waals surface area contributed by atoms with Gasteiger partial charge in [0.25, 0.3) is 0 Å². The number of phenolic OH excluding ortho intramolecular Hbond substituents is 1. The summed E-state index contributed by atoms with van der Waals surface area (Å²) in [6, 6.07) is 15.4. The third-order valence-electron chi connectivity index (χ3n) is 13.4. The Morgan fingerprint density at radius 2 is 1.83 bits per heavy atom. The number of unbranched alkanes of at least 4 members (excludes halogenated alkanes) is 3. The lowest BCUT2D eigenvalue weighted by Gasteiger charge is -2.28. The van der Waals surface area contributed by atoms with E-state index in [9.17, 15) is 25.2 Å². The van der Waals surface area contributed by atoms with E-state index in [-0.39, 0.29) is 66.5 Å². The van der Waals surface area contributed by atoms with Crippen LogP contribution in [0.25, 0.3) is 16.8 Å². The van der Waals surface area contributed by atoms with Crippen molar-refractivity contribution >= 4 is 34.3 Å². The second-order valence-corrected chi connectivity index (χ2v) is 17.9. The quantitative estimate of drug-likeness (QED) is 0.0235. The number of carbonyl (C=O) groups is 1. The van der Waals surface area contributed by atoms with Gasteiger partial charge in [-0.15, -0.1) is 0 Å². The number of methoxy groups -OCH3 is 1. The average molecular weight is 896 g/mol. The van der Waals surface area contributed by atoms with Gasteiger partial charge in [-0.3, -0.25) is 9.79 Å². The maximum absolute atomic E-state index is 13.8. The number of nitrogens with zero attached hydrogens (tertiary/aromatic N) is 1. The molecule has 11 nitrogen and oxygen atoms in total. The predicted molar refractivity (Wildman–Crippen MR) is 262 cm³/mol. The van der Waals surface area contributed by atoms with Gasteiger partial charge in [0.05, 0.1) is 7.11 Å². The van der Waals surface area contributed by atoms with Crippen LogP contribution in [0, 0.1) is 23.9 Å². The van der Waals surface area contributed by atoms with Crippen LogP contribution in [0.3, 0.4) is 0 Å². The molecule has 0 unspecified atom stereocenters. The summed E-state index contributed by atoms with van der Waals surface area (Å²) in [4.78, 5) is 17.9. The van der Waals surface area contributed by atoms with Crippen LogP contribution in [0.4, 0.5) is 5.69 Å². The number of ketones is 1. The lowest BCUT2D eigenvalue weighted by molar-refractivity contribution is -0.121. The van der Waals surface area contributed by atoms with Gasteiger partial charge in [0.2, 0.25) is 0 Å². The van der Waals surface area contributed by atoms with E-state index in [4.69, 9.17) is 19.9 Å². The highest BCUT2D eigenvalue weighted by molar-refractivity contribution is 6.01. The van der Waals surface area contributed by atoms with Crippen molar-refractivity contribution in [2.24, 2.45) is 22.6 Å². The summed E-state index contributed by atoms with van der Waals surface area (Å²) in [6.07, 6.45) is 19.8. The number of carbonyl (C=O) groups excluding carboxylic acids is 1. The molecule has 8 rings (SSSR count). The van der Waals surface area contributed by atoms with Crippen LogP contribution in [0.1, 0.15) is 128 Å². The number of fused-ring (bicyclic) bond motifs is 9. The first kappa shape index (κ1) is 47.7. The lowest BCUT2D eigenvalue weighted by atomic mass is 9.80. The molecule has 0 aromatic heterocycles. The molecule has 4 aromatic carbocycles. The summed E-state index contributed by atoms with van der Waals surface area (Å²) in [5.74, 6) is 4.75. The van der Waals surface area contributed by atoms with Crippen LogP contribution in [0.5, 0.6) is 17.2 Å². The van der Waals surface area contributed by atoms with Crippen molar-refractivity contribution in [3.63, 3.8) is 0 Å². The Morgan fingerprint density at radius 1 is 1.00 bits per heavy atom. The fourth-order valence-corrected chi connectivity index (χ4v) is 9.77. The largest absolute Gasteiger partial charge is 0.508 e. The van der Waals surface area contributed by atoms with Crippen molar-refractivity contribution in [2.75, 3.05) is 19.5 Å². The number of hydrogen-bond donors (Lipinski definition) is 6. The Kier molecular flexibility index (Phi) is 16.1. The zero-order valence-electron chi connectivity index (χ0n) is 38.7. The molecule has 0 radical (unpaired) electrons. The van der Waals surface area contributed by atoms with Crippen LogP contribution in [0.15, 0.2) is 83.6 Å². The second kappa shape index (κ2) is 22.3. The minimum Gasteiger partial charge on any atom is -0.508 e. The number of aromatic hydroxyl groups is 1. The molecule has 0 saturated heterocycles. The number of aliphatic imine (C=N–C) groups is 1. The number of ether oxygens (including phenoxy) is 3. The van der Waals surface area contributed by atoms with Crippen LogP contribution >= 0.6 is 0 Å². The molecule has 4 atom stereocenters. The monoisotopic (exact) mass is 895 g/mol. The summed E-state index contributed by atoms with van der Waals surface area (Å²) in [5.41, 5.74) is 13.7. The first-order valence-electron chi connectivity index (χ1n) is 23.5. The third kappa shape index (κ3) is 11.4. The highest BCUT2D eigenvalue weighted by Gasteiger charge is 2.28. The van der Waals surface area contributed by atoms with Crippen molar-refractivity contribution in [1.82, 2.24) is 0 Å². The van der Waals surface area contributed by atoms with Crippen molar-refractivity contribution in [2.45, 2.75) is 122 Å². The van der Waals surface area contributed by atoms with Gasteiger partial charge in [0.15, 0.2) is 23.7 Å². The topological polar surface area (TPSA) is 176 Å². The number of anilines is 1. The molecule has 0 spiro atoms. The molecule has 2 aliphatic carbocycles. The fraction of sp³-hybridized carbons (Fsp3) is 0.418. The zero-order valence-corrected chi connectivity index (χ0v) is 38.7. The number of phenols is 1. The average Bonchev–Trinajstić information content (AvgIpc) is 3.30. The SMILES string of the molecule is CCCCCc1c(CCCC[C@@H]2C=CC(O)=C[C@H]2C[C@H]2CC(=O)CCc3ccc(OC)c(c3)OCc3c(C(O)O)cc4c(c(O)cc5c4c3C=C[C@H]5C)CC#CO2)cccc1NC(N)=NC. The minimum atomic E-state index is -1.82. The maximum Gasteiger partial charge on any atom is 0.192 e. The molecular weight excluding hydrogens is 831 g/mol. The van der Waals surface area contributed by atoms with Gasteiger partial charge in [-0.05, 0) is 138 Å². The minimum absolute atomic E-state index is 0.00843. The Bertz CT molecular complexity index is 2580. The number of aryl methyl sites for hydroxylation is 2. The number of Topliss-reactive ketones (excluding diaryl/α,β-unsaturated/α-hetero) is 1. The van der Waals surface area contributed by atoms with Gasteiger partial charge in [-0.1, -0.05) is 75.5 Å². The molecule has 4 aromatic rings. The van der Waals surface area contributed by atoms with Crippen molar-refractivity contribution < 1.29 is 39.4 Å². The van der Waals surface area contributed by atoms with Gasteiger partial charge in [0, 0.05) is 54.6 Å². The number of nitrogens with one attached hydrogen (secondary N) is 1. The number of hydrogen-bond acceptors (Lipinski definition) is 9. The number of guanidine groups is 1. The number of aliphatic hydroxyl groups is 3. The number of rotatable bonds is 14. The normalized spacial score (nSPS) is 19.7. The molecule has 6 bridgehead atoms. The maximum atomic E-state index is 13.8. The second-order valence-electron chi connectivity index (χ2n) is 17.9. The van der Waals surface area contributed by atoms with Crippen molar-refractivity contribution in [1.29, 1.82) is 0 Å². The van der Waals surface area contributed by atoms with Gasteiger partial charge >= 0.3 is 0 Å². The van der Waals surface area contributed by atoms with Gasteiger partial charge < -0.3 is 45.7 Å². The summed E-state index contributed by atoms with van der Waals surface area (Å²) >= 11 is 0. The molecule has 66 heavy (non-hydrogen) atoms. The Labute approximate surface area is 389 Å². The van der Waals surface area contributed by atoms with E-state index in [1.54, 1.807) is 32.4 Å². The molecule has 2 heterocycles. The molecule has 7 N–H and O–H groups in total. The van der Waals surface area contributed by atoms with Gasteiger partial charge in [0.1, 0.15) is 36.1 Å². The van der Waals surface area contributed by atoms with Crippen molar-refractivity contribution in [3.05, 3.63) is 123 Å². The molecule has 2 aliphatic heterocycles. The molecular formula is C55H65N3O8. The Hall–Kier alpha value is -6.22. The number of nitrogens with two attached hydrogens (primary N) is 1. The van der Waals surface area contributed by atoms with Crippen LogP contribution in [-0.4, -0.2) is 52.4 Å². The summed E-state index contributed by atoms with van der Waals surface area (Å²) in [5, 5.41) is 48.5. The van der Waals surface area contributed by atoms with Gasteiger partial charge in [-0.25, -0.2) is 0 Å². The smallest absolute Gasteiger partial charge is 0.192 e. The van der Waals surface area contributed by atoms with E-state index in [2.05, 4.69) is 60.5 Å². The molecule has 0 saturated carbocycles. The summed E-state index contributed by atoms with van der Waals surface area (Å²) < 4.78 is 18.4. The third-order valence-corrected chi connectivity index (χ3v) is 13.4. The molecule has 4 aliphatic rings. The van der Waals surface area contributed by atoms with Crippen LogP contribution < -0.4 is 20.5 Å². The fourth-order valence-electron chi connectivity index (χ4n) is 9.77. The lowest BCUT2D eigenvalue weighted by Crippen LogP contribution is -2.24. The summed E-state index contributed by atoms with van der Waals surface area (Å²) in [6.45, 7) is 4.28. The van der Waals surface area contributed by atoms with Crippen LogP contribution in [-0.2, 0) is 41.8 Å². The predicted octanol–water partition coefficient (Wildman–Crippen LogP) is 10.2. The number of allylic oxidation sites excluding steroid dienone is 4. The Balaban J connectivity index is 1.14. The van der Waals surface area contributed by atoms with E-state index >= 15 is 0 Å². The van der Waals surface area contributed by atoms with E-state index < -0.39 is 12.4 Å². The highest BCUT2D eigenvalue weighted by atomic mass is 16.5. The first-order chi connectivity index (χ1) is 32.0. The number of aliphatic hydroxyl groups excluding tert-OH is 2. The zero-order chi connectivity index (χ0) is 46.7. The standard InChI is InChI=1S/C55H65N3O8/c1-5-6-7-15-42-37(14-10-17-49(42)58-55(56)57-3)13-9-8-12-36-21-23-39(59)28-38(36)29-41-30-40(60)22-19-35-20-25-51(64-4)52(27-35)66-33-48-44-24-18-34(2)45-32-50(61)43(16-11-26-65-41)46(53(44)45)31-47(48)54(62)63/h10,14,17-18,20-21,23-25,27-28,31-32,34,36,38,41,54,59,61-63H,5-9,12-13,15-16,19,22,29-30,33H2,1-4H3,(H3,56,57,58)/t34-,36-,38+,41+/m1/s1. The number of benzene rings is 4. The Morgan fingerprint density at radius 3 is 2.62 bits per heavy atom. The van der Waals surface area contributed by atoms with E-state index in [0.717, 1.165) is 79.1 Å². The molecule has 0 amide bonds. The van der Waals surface area contributed by atoms with Crippen LogP contribution in [0.2, 0.25) is 0 Å². The molecule has 11 heteroatoms. The molecule has 348 valence electrons. The molecule has 0 fully saturated rings. The van der Waals surface area contributed by atoms with Gasteiger partial charge in [-0.2, -0.15) is 0 Å².